The molecule has 0 bridgehead atoms. The minimum absolute atomic E-state index is 0.138. The second kappa shape index (κ2) is 9.51. The highest BCUT2D eigenvalue weighted by Crippen LogP contribution is 2.19. The molecular weight excluding hydrogens is 366 g/mol. The lowest BCUT2D eigenvalue weighted by Crippen LogP contribution is -2.53. The van der Waals surface area contributed by atoms with Gasteiger partial charge in [-0.05, 0) is 18.6 Å². The van der Waals surface area contributed by atoms with Gasteiger partial charge in [0.15, 0.2) is 0 Å². The Labute approximate surface area is 160 Å². The van der Waals surface area contributed by atoms with Gasteiger partial charge in [-0.15, -0.1) is 0 Å². The van der Waals surface area contributed by atoms with Crippen LogP contribution in [-0.4, -0.2) is 59.0 Å². The summed E-state index contributed by atoms with van der Waals surface area (Å²) in [6.07, 6.45) is 1.87. The van der Waals surface area contributed by atoms with Gasteiger partial charge in [0, 0.05) is 23.5 Å². The van der Waals surface area contributed by atoms with E-state index < -0.39 is 35.8 Å². The molecule has 0 fully saturated rings. The van der Waals surface area contributed by atoms with Gasteiger partial charge in [-0.3, -0.25) is 19.2 Å². The molecule has 1 aromatic heterocycles. The normalized spacial score (nSPS) is 12.8. The zero-order valence-electron chi connectivity index (χ0n) is 15.3. The fraction of sp³-hybridized carbons (Fsp3) is 0.333. The Bertz CT molecular complexity index is 878. The average molecular weight is 389 g/mol. The summed E-state index contributed by atoms with van der Waals surface area (Å²) >= 11 is 0. The molecule has 10 heteroatoms. The maximum Gasteiger partial charge on any atom is 0.325 e. The fourth-order valence-corrected chi connectivity index (χ4v) is 2.60. The van der Waals surface area contributed by atoms with Crippen LogP contribution in [0.4, 0.5) is 0 Å². The van der Waals surface area contributed by atoms with Crippen LogP contribution >= 0.6 is 0 Å². The first-order chi connectivity index (χ1) is 13.3. The van der Waals surface area contributed by atoms with E-state index in [1.807, 2.05) is 24.3 Å². The van der Waals surface area contributed by atoms with E-state index in [1.165, 1.54) is 6.92 Å². The Morgan fingerprint density at radius 1 is 1.14 bits per heavy atom. The minimum atomic E-state index is -1.19. The topological polar surface area (TPSA) is 166 Å². The largest absolute Gasteiger partial charge is 0.480 e. The van der Waals surface area contributed by atoms with Gasteiger partial charge in [-0.1, -0.05) is 18.2 Å². The summed E-state index contributed by atoms with van der Waals surface area (Å²) in [5, 5.41) is 17.1. The molecule has 1 aromatic carbocycles. The van der Waals surface area contributed by atoms with E-state index in [4.69, 9.17) is 10.8 Å². The molecule has 0 spiro atoms. The van der Waals surface area contributed by atoms with Crippen LogP contribution in [0.1, 0.15) is 12.5 Å². The number of carboxylic acids is 1. The van der Waals surface area contributed by atoms with Crippen molar-refractivity contribution in [3.63, 3.8) is 0 Å². The highest BCUT2D eigenvalue weighted by Gasteiger charge is 2.25. The third-order valence-corrected chi connectivity index (χ3v) is 4.11. The van der Waals surface area contributed by atoms with Gasteiger partial charge in [0.05, 0.1) is 13.1 Å². The summed E-state index contributed by atoms with van der Waals surface area (Å²) in [5.74, 6) is -2.93. The molecule has 1 heterocycles. The van der Waals surface area contributed by atoms with Gasteiger partial charge >= 0.3 is 5.97 Å². The fourth-order valence-electron chi connectivity index (χ4n) is 2.60. The number of para-hydroxylation sites is 1. The van der Waals surface area contributed by atoms with Crippen molar-refractivity contribution in [2.75, 3.05) is 13.1 Å². The molecule has 10 nitrogen and oxygen atoms in total. The van der Waals surface area contributed by atoms with Crippen LogP contribution in [-0.2, 0) is 25.6 Å². The molecule has 0 saturated heterocycles. The van der Waals surface area contributed by atoms with Crippen LogP contribution in [0.25, 0.3) is 10.9 Å². The predicted octanol–water partition coefficient (Wildman–Crippen LogP) is -1.14. The Hall–Kier alpha value is -3.40. The number of carboxylic acid groups (broad SMARTS) is 1. The van der Waals surface area contributed by atoms with Crippen LogP contribution in [0.15, 0.2) is 30.5 Å². The number of amides is 3. The summed E-state index contributed by atoms with van der Waals surface area (Å²) in [7, 11) is 0. The molecule has 7 N–H and O–H groups in total. The first-order valence-corrected chi connectivity index (χ1v) is 8.66. The van der Waals surface area contributed by atoms with Crippen molar-refractivity contribution >= 4 is 34.6 Å². The molecular formula is C18H23N5O5. The van der Waals surface area contributed by atoms with Gasteiger partial charge < -0.3 is 31.8 Å². The predicted molar refractivity (Wildman–Crippen MR) is 101 cm³/mol. The summed E-state index contributed by atoms with van der Waals surface area (Å²) in [6, 6.07) is 5.32. The molecule has 2 aromatic rings. The number of rotatable bonds is 9. The van der Waals surface area contributed by atoms with E-state index in [0.29, 0.717) is 0 Å². The number of nitrogens with two attached hydrogens (primary N) is 1. The second-order valence-corrected chi connectivity index (χ2v) is 6.23. The quantitative estimate of drug-likeness (QED) is 0.317. The molecule has 150 valence electrons. The van der Waals surface area contributed by atoms with Crippen LogP contribution in [0.3, 0.4) is 0 Å². The third-order valence-electron chi connectivity index (χ3n) is 4.11. The standard InChI is InChI=1S/C18H23N5O5/c1-10(18(27)28)22-17(26)14(23-16(25)9-21-15(24)7-19)6-11-8-20-13-5-3-2-4-12(11)13/h2-5,8,10,14,20H,6-7,9,19H2,1H3,(H,21,24)(H,22,26)(H,23,25)(H,27,28)/t10-,14-/m0/s1. The molecule has 0 saturated carbocycles. The van der Waals surface area contributed by atoms with E-state index >= 15 is 0 Å². The van der Waals surface area contributed by atoms with Gasteiger partial charge in [0.1, 0.15) is 12.1 Å². The van der Waals surface area contributed by atoms with Crippen molar-refractivity contribution in [2.24, 2.45) is 5.73 Å². The number of fused-ring (bicyclic) bond motifs is 1. The van der Waals surface area contributed by atoms with Gasteiger partial charge in [0.2, 0.25) is 17.7 Å². The van der Waals surface area contributed by atoms with Crippen LogP contribution in [0.2, 0.25) is 0 Å². The zero-order valence-corrected chi connectivity index (χ0v) is 15.3. The highest BCUT2D eigenvalue weighted by atomic mass is 16.4. The lowest BCUT2D eigenvalue weighted by molar-refractivity contribution is -0.141. The van der Waals surface area contributed by atoms with Crippen LogP contribution in [0, 0.1) is 0 Å². The first kappa shape index (κ1) is 20.9. The first-order valence-electron chi connectivity index (χ1n) is 8.66. The van der Waals surface area contributed by atoms with Crippen molar-refractivity contribution in [3.05, 3.63) is 36.0 Å². The Kier molecular flexibility index (Phi) is 7.10. The van der Waals surface area contributed by atoms with Crippen molar-refractivity contribution in [1.82, 2.24) is 20.9 Å². The molecule has 28 heavy (non-hydrogen) atoms. The van der Waals surface area contributed by atoms with E-state index in [9.17, 15) is 19.2 Å². The van der Waals surface area contributed by atoms with Crippen molar-refractivity contribution in [3.8, 4) is 0 Å². The zero-order chi connectivity index (χ0) is 20.7. The number of carbonyl (C=O) groups is 4. The van der Waals surface area contributed by atoms with Crippen molar-refractivity contribution in [1.29, 1.82) is 0 Å². The lowest BCUT2D eigenvalue weighted by atomic mass is 10.0. The SMILES string of the molecule is C[C@H](NC(=O)[C@H](Cc1c[nH]c2ccccc12)NC(=O)CNC(=O)CN)C(=O)O. The smallest absolute Gasteiger partial charge is 0.325 e. The number of hydrogen-bond donors (Lipinski definition) is 6. The maximum absolute atomic E-state index is 12.5. The molecule has 2 rings (SSSR count). The molecule has 2 atom stereocenters. The van der Waals surface area contributed by atoms with Gasteiger partial charge in [-0.25, -0.2) is 0 Å². The van der Waals surface area contributed by atoms with Crippen LogP contribution in [0.5, 0.6) is 0 Å². The highest BCUT2D eigenvalue weighted by molar-refractivity contribution is 5.93. The number of aliphatic carboxylic acids is 1. The van der Waals surface area contributed by atoms with E-state index in [1.54, 1.807) is 6.20 Å². The number of H-pyrrole nitrogens is 1. The second-order valence-electron chi connectivity index (χ2n) is 6.23. The number of benzene rings is 1. The lowest BCUT2D eigenvalue weighted by Gasteiger charge is -2.20. The molecule has 0 aliphatic rings. The van der Waals surface area contributed by atoms with E-state index in [-0.39, 0.29) is 19.5 Å². The Balaban J connectivity index is 2.15. The summed E-state index contributed by atoms with van der Waals surface area (Å²) in [6.45, 7) is 0.719. The number of aromatic amines is 1. The minimum Gasteiger partial charge on any atom is -0.480 e. The molecule has 0 aliphatic carbocycles. The maximum atomic E-state index is 12.5. The van der Waals surface area contributed by atoms with Crippen LogP contribution < -0.4 is 21.7 Å². The summed E-state index contributed by atoms with van der Waals surface area (Å²) in [5.41, 5.74) is 6.82. The Morgan fingerprint density at radius 2 is 1.86 bits per heavy atom. The molecule has 0 radical (unpaired) electrons. The van der Waals surface area contributed by atoms with Crippen molar-refractivity contribution < 1.29 is 24.3 Å². The van der Waals surface area contributed by atoms with Gasteiger partial charge in [0.25, 0.3) is 0 Å². The van der Waals surface area contributed by atoms with Gasteiger partial charge in [-0.2, -0.15) is 0 Å². The number of carbonyl (C=O) groups excluding carboxylic acids is 3. The third kappa shape index (κ3) is 5.55. The summed E-state index contributed by atoms with van der Waals surface area (Å²) < 4.78 is 0. The molecule has 0 unspecified atom stereocenters. The average Bonchev–Trinajstić information content (AvgIpc) is 3.08. The Morgan fingerprint density at radius 3 is 2.54 bits per heavy atom. The molecule has 0 aliphatic heterocycles. The number of nitrogens with one attached hydrogen (secondary N) is 4. The van der Waals surface area contributed by atoms with Crippen molar-refractivity contribution in [2.45, 2.75) is 25.4 Å². The monoisotopic (exact) mass is 389 g/mol. The number of hydrogen-bond acceptors (Lipinski definition) is 5. The molecule has 3 amide bonds. The summed E-state index contributed by atoms with van der Waals surface area (Å²) in [4.78, 5) is 50.0. The van der Waals surface area contributed by atoms with E-state index in [2.05, 4.69) is 20.9 Å². The number of aromatic nitrogens is 1. The van der Waals surface area contributed by atoms with E-state index in [0.717, 1.165) is 16.5 Å².